The van der Waals surface area contributed by atoms with Crippen LogP contribution in [0.3, 0.4) is 0 Å². The van der Waals surface area contributed by atoms with E-state index >= 15 is 0 Å². The second-order valence-electron chi connectivity index (χ2n) is 7.24. The van der Waals surface area contributed by atoms with Crippen LogP contribution in [0.1, 0.15) is 32.6 Å². The first-order valence-electron chi connectivity index (χ1n) is 9.85. The highest BCUT2D eigenvalue weighted by molar-refractivity contribution is 7.86. The summed E-state index contributed by atoms with van der Waals surface area (Å²) in [5.74, 6) is 0.305. The molecule has 1 atom stereocenters. The zero-order valence-electron chi connectivity index (χ0n) is 16.2. The van der Waals surface area contributed by atoms with E-state index in [0.717, 1.165) is 25.7 Å². The van der Waals surface area contributed by atoms with Gasteiger partial charge in [-0.1, -0.05) is 36.6 Å². The molecule has 2 aliphatic heterocycles. The number of benzene rings is 1. The van der Waals surface area contributed by atoms with E-state index in [0.29, 0.717) is 50.0 Å². The van der Waals surface area contributed by atoms with Gasteiger partial charge in [-0.15, -0.1) is 0 Å². The molecule has 28 heavy (non-hydrogen) atoms. The van der Waals surface area contributed by atoms with Gasteiger partial charge in [-0.3, -0.25) is 4.79 Å². The number of hydrogen-bond donors (Lipinski definition) is 0. The van der Waals surface area contributed by atoms with Crippen molar-refractivity contribution >= 4 is 27.7 Å². The zero-order chi connectivity index (χ0) is 20.1. The summed E-state index contributed by atoms with van der Waals surface area (Å²) in [6.45, 7) is 4.21. The summed E-state index contributed by atoms with van der Waals surface area (Å²) >= 11 is 6.09. The van der Waals surface area contributed by atoms with Gasteiger partial charge in [-0.2, -0.15) is 17.0 Å². The lowest BCUT2D eigenvalue weighted by atomic mass is 10.2. The average molecular weight is 430 g/mol. The van der Waals surface area contributed by atoms with Crippen LogP contribution >= 0.6 is 11.6 Å². The Morgan fingerprint density at radius 1 is 0.964 bits per heavy atom. The Kier molecular flexibility index (Phi) is 7.20. The molecule has 3 rings (SSSR count). The topological polar surface area (TPSA) is 70.2 Å². The van der Waals surface area contributed by atoms with Crippen LogP contribution in [0.4, 0.5) is 0 Å². The van der Waals surface area contributed by atoms with E-state index in [1.165, 1.54) is 4.31 Å². The van der Waals surface area contributed by atoms with E-state index in [1.54, 1.807) is 40.4 Å². The standard InChI is InChI=1S/C19H28ClN3O4S/c1-16(27-18-9-5-4-8-17(18)20)19(24)21-12-14-23(15-13-21)28(25,26)22-10-6-2-3-7-11-22/h4-5,8-9,16H,2-3,6-7,10-15H2,1H3/t16-/m1/s1. The molecule has 156 valence electrons. The van der Waals surface area contributed by atoms with Crippen molar-refractivity contribution in [2.45, 2.75) is 38.7 Å². The maximum absolute atomic E-state index is 12.9. The molecule has 0 spiro atoms. The number of carbonyl (C=O) groups excluding carboxylic acids is 1. The minimum Gasteiger partial charge on any atom is -0.479 e. The molecular formula is C19H28ClN3O4S. The van der Waals surface area contributed by atoms with Gasteiger partial charge in [0.2, 0.25) is 0 Å². The van der Waals surface area contributed by atoms with E-state index in [4.69, 9.17) is 16.3 Å². The third-order valence-corrected chi connectivity index (χ3v) is 7.60. The maximum atomic E-state index is 12.9. The van der Waals surface area contributed by atoms with E-state index in [9.17, 15) is 13.2 Å². The number of halogens is 1. The Labute approximate surface area is 172 Å². The Bertz CT molecular complexity index is 773. The Hall–Kier alpha value is -1.35. The van der Waals surface area contributed by atoms with Gasteiger partial charge in [0.05, 0.1) is 5.02 Å². The summed E-state index contributed by atoms with van der Waals surface area (Å²) in [6.07, 6.45) is 3.30. The summed E-state index contributed by atoms with van der Waals surface area (Å²) in [7, 11) is -3.45. The van der Waals surface area contributed by atoms with Gasteiger partial charge in [0.25, 0.3) is 16.1 Å². The molecule has 1 aromatic carbocycles. The van der Waals surface area contributed by atoms with Crippen molar-refractivity contribution in [2.24, 2.45) is 0 Å². The number of ether oxygens (including phenoxy) is 1. The predicted molar refractivity (Wildman–Crippen MR) is 109 cm³/mol. The Morgan fingerprint density at radius 3 is 2.14 bits per heavy atom. The molecule has 0 N–H and O–H groups in total. The number of carbonyl (C=O) groups is 1. The largest absolute Gasteiger partial charge is 0.479 e. The summed E-state index contributed by atoms with van der Waals surface area (Å²) < 4.78 is 34.6. The number of amides is 1. The van der Waals surface area contributed by atoms with Gasteiger partial charge in [0.1, 0.15) is 5.75 Å². The summed E-state index contributed by atoms with van der Waals surface area (Å²) in [4.78, 5) is 14.4. The van der Waals surface area contributed by atoms with Gasteiger partial charge in [-0.25, -0.2) is 0 Å². The van der Waals surface area contributed by atoms with Crippen LogP contribution in [0.5, 0.6) is 5.75 Å². The van der Waals surface area contributed by atoms with Crippen LogP contribution in [0.15, 0.2) is 24.3 Å². The minimum absolute atomic E-state index is 0.160. The lowest BCUT2D eigenvalue weighted by Crippen LogP contribution is -2.56. The quantitative estimate of drug-likeness (QED) is 0.720. The molecule has 2 fully saturated rings. The van der Waals surface area contributed by atoms with Gasteiger partial charge in [0.15, 0.2) is 6.10 Å². The lowest BCUT2D eigenvalue weighted by Gasteiger charge is -2.37. The average Bonchev–Trinajstić information content (AvgIpc) is 2.99. The Morgan fingerprint density at radius 2 is 1.54 bits per heavy atom. The summed E-state index contributed by atoms with van der Waals surface area (Å²) in [5.41, 5.74) is 0. The molecule has 0 bridgehead atoms. The van der Waals surface area contributed by atoms with Crippen molar-refractivity contribution < 1.29 is 17.9 Å². The summed E-state index contributed by atoms with van der Waals surface area (Å²) in [5, 5.41) is 0.454. The molecular weight excluding hydrogens is 402 g/mol. The molecule has 0 aliphatic carbocycles. The van der Waals surface area contributed by atoms with E-state index in [1.807, 2.05) is 0 Å². The monoisotopic (exact) mass is 429 g/mol. The van der Waals surface area contributed by atoms with Crippen molar-refractivity contribution in [2.75, 3.05) is 39.3 Å². The molecule has 2 aliphatic rings. The molecule has 0 aromatic heterocycles. The molecule has 7 nitrogen and oxygen atoms in total. The van der Waals surface area contributed by atoms with Gasteiger partial charge in [-0.05, 0) is 31.9 Å². The number of nitrogens with zero attached hydrogens (tertiary/aromatic N) is 3. The van der Waals surface area contributed by atoms with E-state index in [-0.39, 0.29) is 5.91 Å². The van der Waals surface area contributed by atoms with Crippen molar-refractivity contribution in [1.29, 1.82) is 0 Å². The molecule has 2 heterocycles. The van der Waals surface area contributed by atoms with Crippen LogP contribution < -0.4 is 4.74 Å². The van der Waals surface area contributed by atoms with Gasteiger partial charge in [0, 0.05) is 39.3 Å². The first-order valence-corrected chi connectivity index (χ1v) is 11.6. The second kappa shape index (κ2) is 9.43. The van der Waals surface area contributed by atoms with E-state index in [2.05, 4.69) is 0 Å². The predicted octanol–water partition coefficient (Wildman–Crippen LogP) is 2.37. The van der Waals surface area contributed by atoms with Crippen LogP contribution in [-0.2, 0) is 15.0 Å². The smallest absolute Gasteiger partial charge is 0.282 e. The van der Waals surface area contributed by atoms with Gasteiger partial charge < -0.3 is 9.64 Å². The van der Waals surface area contributed by atoms with Gasteiger partial charge >= 0.3 is 0 Å². The fourth-order valence-corrected chi connectivity index (χ4v) is 5.46. The first-order chi connectivity index (χ1) is 13.4. The molecule has 0 unspecified atom stereocenters. The molecule has 9 heteroatoms. The highest BCUT2D eigenvalue weighted by atomic mass is 35.5. The minimum atomic E-state index is -3.45. The number of rotatable bonds is 5. The third kappa shape index (κ3) is 4.97. The molecule has 0 saturated carbocycles. The van der Waals surface area contributed by atoms with Crippen molar-refractivity contribution in [3.8, 4) is 5.75 Å². The zero-order valence-corrected chi connectivity index (χ0v) is 17.8. The highest BCUT2D eigenvalue weighted by Gasteiger charge is 2.34. The fourth-order valence-electron chi connectivity index (χ4n) is 3.61. The van der Waals surface area contributed by atoms with E-state index < -0.39 is 16.3 Å². The van der Waals surface area contributed by atoms with Crippen molar-refractivity contribution in [3.05, 3.63) is 29.3 Å². The lowest BCUT2D eigenvalue weighted by molar-refractivity contribution is -0.139. The van der Waals surface area contributed by atoms with Crippen LogP contribution in [0, 0.1) is 0 Å². The SMILES string of the molecule is C[C@@H](Oc1ccccc1Cl)C(=O)N1CCN(S(=O)(=O)N2CCCCCC2)CC1. The Balaban J connectivity index is 1.55. The highest BCUT2D eigenvalue weighted by Crippen LogP contribution is 2.25. The summed E-state index contributed by atoms with van der Waals surface area (Å²) in [6, 6.07) is 7.02. The molecule has 1 aromatic rings. The van der Waals surface area contributed by atoms with Crippen LogP contribution in [0.2, 0.25) is 5.02 Å². The third-order valence-electron chi connectivity index (χ3n) is 5.26. The number of piperazine rings is 1. The van der Waals surface area contributed by atoms with Crippen molar-refractivity contribution in [3.63, 3.8) is 0 Å². The fraction of sp³-hybridized carbons (Fsp3) is 0.632. The normalized spacial score (nSPS) is 21.1. The number of hydrogen-bond acceptors (Lipinski definition) is 4. The van der Waals surface area contributed by atoms with Crippen LogP contribution in [-0.4, -0.2) is 73.2 Å². The first kappa shape index (κ1) is 21.4. The molecule has 1 amide bonds. The molecule has 2 saturated heterocycles. The maximum Gasteiger partial charge on any atom is 0.282 e. The molecule has 0 radical (unpaired) electrons. The van der Waals surface area contributed by atoms with Crippen molar-refractivity contribution in [1.82, 2.24) is 13.5 Å². The van der Waals surface area contributed by atoms with Crippen LogP contribution in [0.25, 0.3) is 0 Å². The second-order valence-corrected chi connectivity index (χ2v) is 9.57. The number of para-hydroxylation sites is 1.